The lowest BCUT2D eigenvalue weighted by Crippen LogP contribution is -2.50. The molecular weight excluding hydrogens is 943 g/mol. The number of carbonyl (C=O) groups is 3. The van der Waals surface area contributed by atoms with Gasteiger partial charge in [-0.2, -0.15) is 10.2 Å². The third-order valence-electron chi connectivity index (χ3n) is 13.0. The van der Waals surface area contributed by atoms with Crippen molar-refractivity contribution in [2.45, 2.75) is 101 Å². The number of amides is 2. The minimum Gasteiger partial charge on any atom is -0.478 e. The Bertz CT molecular complexity index is 2930. The number of piperidine rings is 2. The lowest BCUT2D eigenvalue weighted by molar-refractivity contribution is 0.0186. The van der Waals surface area contributed by atoms with E-state index in [1.807, 2.05) is 21.5 Å². The van der Waals surface area contributed by atoms with Gasteiger partial charge < -0.3 is 31.1 Å². The van der Waals surface area contributed by atoms with E-state index in [0.717, 1.165) is 49.2 Å². The van der Waals surface area contributed by atoms with Gasteiger partial charge in [0.2, 0.25) is 0 Å². The number of hydrogen-bond acceptors (Lipinski definition) is 8. The lowest BCUT2D eigenvalue weighted by atomic mass is 9.85. The number of nitrogens with two attached hydrogens (primary N) is 1. The third kappa shape index (κ3) is 12.4. The van der Waals surface area contributed by atoms with Crippen molar-refractivity contribution in [3.8, 4) is 22.5 Å². The van der Waals surface area contributed by atoms with Gasteiger partial charge in [0.15, 0.2) is 23.3 Å². The van der Waals surface area contributed by atoms with Crippen LogP contribution in [0.15, 0.2) is 97.3 Å². The maximum atomic E-state index is 14.9. The predicted molar refractivity (Wildman–Crippen MR) is 256 cm³/mol. The Hall–Kier alpha value is -6.99. The summed E-state index contributed by atoms with van der Waals surface area (Å²) in [6.07, 6.45) is 8.50. The molecule has 2 saturated carbocycles. The van der Waals surface area contributed by atoms with Gasteiger partial charge in [0.25, 0.3) is 5.91 Å². The molecule has 380 valence electrons. The second-order valence-corrected chi connectivity index (χ2v) is 19.5. The molecule has 4 heterocycles. The highest BCUT2D eigenvalue weighted by atomic mass is 19.2. The van der Waals surface area contributed by atoms with Gasteiger partial charge in [-0.15, -0.1) is 0 Å². The zero-order valence-electron chi connectivity index (χ0n) is 39.9. The first kappa shape index (κ1) is 51.4. The van der Waals surface area contributed by atoms with E-state index in [4.69, 9.17) is 15.6 Å². The second-order valence-electron chi connectivity index (χ2n) is 19.5. The van der Waals surface area contributed by atoms with Crippen LogP contribution in [0.25, 0.3) is 22.5 Å². The molecule has 13 nitrogen and oxygen atoms in total. The van der Waals surface area contributed by atoms with Gasteiger partial charge in [-0.25, -0.2) is 35.9 Å². The first-order chi connectivity index (χ1) is 34.3. The van der Waals surface area contributed by atoms with Gasteiger partial charge >= 0.3 is 12.1 Å². The molecule has 0 radical (unpaired) electrons. The van der Waals surface area contributed by atoms with Crippen LogP contribution in [0.2, 0.25) is 0 Å². The van der Waals surface area contributed by atoms with Crippen LogP contribution in [-0.2, 0) is 4.74 Å². The van der Waals surface area contributed by atoms with Gasteiger partial charge in [0.05, 0.1) is 34.6 Å². The summed E-state index contributed by atoms with van der Waals surface area (Å²) < 4.78 is 91.1. The number of carboxylic acids is 1. The number of aromatic carboxylic acids is 1. The highest BCUT2D eigenvalue weighted by Crippen LogP contribution is 2.39. The summed E-state index contributed by atoms with van der Waals surface area (Å²) in [7, 11) is 0. The van der Waals surface area contributed by atoms with Crippen LogP contribution in [0.5, 0.6) is 0 Å². The number of ether oxygens (including phenoxy) is 1. The summed E-state index contributed by atoms with van der Waals surface area (Å²) in [4.78, 5) is 37.2. The smallest absolute Gasteiger partial charge is 0.410 e. The topological polar surface area (TPSA) is 170 Å². The highest BCUT2D eigenvalue weighted by Gasteiger charge is 2.34. The number of benzene rings is 4. The Kier molecular flexibility index (Phi) is 15.5. The summed E-state index contributed by atoms with van der Waals surface area (Å²) in [5.74, 6) is -7.00. The zero-order chi connectivity index (χ0) is 51.4. The average Bonchev–Trinajstić information content (AvgIpc) is 4.27. The summed E-state index contributed by atoms with van der Waals surface area (Å²) in [5, 5.41) is 23.4. The Balaban J connectivity index is 0.000000152. The van der Waals surface area contributed by atoms with Gasteiger partial charge in [-0.3, -0.25) is 14.2 Å². The Morgan fingerprint density at radius 2 is 1.19 bits per heavy atom. The van der Waals surface area contributed by atoms with Crippen molar-refractivity contribution >= 4 is 18.0 Å². The molecule has 6 aromatic rings. The fraction of sp³-hybridized carbons (Fsp3) is 0.377. The third-order valence-corrected chi connectivity index (χ3v) is 13.0. The monoisotopic (exact) mass is 998 g/mol. The van der Waals surface area contributed by atoms with Crippen molar-refractivity contribution in [1.82, 2.24) is 35.1 Å². The molecule has 2 saturated heterocycles. The number of aromatic nitrogens is 4. The SMILES string of the molecule is CC(C)(C)OC(=O)N1CC[C@@H](c2ccc(F)c(F)c2)[C@H](N)C1.O=C(N[C@@H]1CNCC[C@H]1c1ccc(F)c(F)c1)c1ccc(-c2ccnn2C2CC2)cc1F.O=C(O)c1ccc(-c2ccnn2C2CC2)cc1F. The van der Waals surface area contributed by atoms with E-state index >= 15 is 0 Å². The van der Waals surface area contributed by atoms with E-state index in [1.54, 1.807) is 56.3 Å². The van der Waals surface area contributed by atoms with E-state index in [-0.39, 0.29) is 35.0 Å². The largest absolute Gasteiger partial charge is 0.478 e. The highest BCUT2D eigenvalue weighted by molar-refractivity contribution is 5.95. The summed E-state index contributed by atoms with van der Waals surface area (Å²) in [5.41, 5.74) is 9.46. The molecule has 4 aromatic carbocycles. The van der Waals surface area contributed by atoms with E-state index < -0.39 is 58.5 Å². The molecule has 10 rings (SSSR count). The first-order valence-electron chi connectivity index (χ1n) is 23.9. The van der Waals surface area contributed by atoms with Gasteiger partial charge in [0.1, 0.15) is 17.2 Å². The number of hydrogen-bond donors (Lipinski definition) is 4. The molecule has 2 aromatic heterocycles. The van der Waals surface area contributed by atoms with Crippen molar-refractivity contribution in [2.75, 3.05) is 26.2 Å². The minimum atomic E-state index is -1.25. The number of nitrogens with one attached hydrogen (secondary N) is 2. The summed E-state index contributed by atoms with van der Waals surface area (Å²) in [6.45, 7) is 7.37. The molecule has 0 spiro atoms. The molecule has 4 fully saturated rings. The van der Waals surface area contributed by atoms with Crippen LogP contribution in [0.3, 0.4) is 0 Å². The summed E-state index contributed by atoms with van der Waals surface area (Å²) >= 11 is 0. The first-order valence-corrected chi connectivity index (χ1v) is 23.9. The Labute approximate surface area is 412 Å². The molecule has 0 bridgehead atoms. The van der Waals surface area contributed by atoms with Crippen LogP contribution >= 0.6 is 0 Å². The van der Waals surface area contributed by atoms with Gasteiger partial charge in [0, 0.05) is 67.1 Å². The molecule has 5 N–H and O–H groups in total. The molecule has 72 heavy (non-hydrogen) atoms. The molecule has 4 aliphatic rings. The van der Waals surface area contributed by atoms with E-state index in [2.05, 4.69) is 20.8 Å². The molecule has 2 aliphatic heterocycles. The lowest BCUT2D eigenvalue weighted by Gasteiger charge is -2.37. The van der Waals surface area contributed by atoms with Crippen LogP contribution in [0.1, 0.15) is 115 Å². The molecular formula is C53H56F6N8O5. The Morgan fingerprint density at radius 1 is 0.667 bits per heavy atom. The number of carboxylic acid groups (broad SMARTS) is 1. The molecule has 19 heteroatoms. The minimum absolute atomic E-state index is 0.0548. The average molecular weight is 999 g/mol. The number of halogens is 6. The molecule has 2 amide bonds. The molecule has 0 unspecified atom stereocenters. The van der Waals surface area contributed by atoms with Crippen molar-refractivity contribution in [2.24, 2.45) is 5.73 Å². The van der Waals surface area contributed by atoms with Crippen LogP contribution in [-0.4, -0.2) is 91.4 Å². The fourth-order valence-corrected chi connectivity index (χ4v) is 9.04. The standard InChI is InChI=1S/C24H23F3N4O.C16H22F2N2O2.C13H11FN2O2/c25-19-6-2-14(11-21(19)27)17-7-9-28-13-22(17)30-24(32)18-5-1-15(12-20(18)26)23-8-10-29-31(23)16-3-4-16;1-16(2,3)22-15(21)20-7-6-11(14(19)9-20)10-4-5-12(17)13(18)8-10;14-11-7-8(1-4-10(11)13(17)18)12-5-6-15-16(12)9-2-3-9/h1-2,5-6,8,10-12,16-17,22,28H,3-4,7,9,13H2,(H,30,32);4-5,8,11,14H,6-7,9,19H2,1-3H3;1,4-7,9H,2-3H2,(H,17,18)/t17-,22+;11-,14+;/m00./s1. The number of likely N-dealkylation sites (tertiary alicyclic amines) is 1. The second kappa shape index (κ2) is 21.8. The maximum Gasteiger partial charge on any atom is 0.410 e. The van der Waals surface area contributed by atoms with Crippen LogP contribution < -0.4 is 16.4 Å². The number of carbonyl (C=O) groups excluding carboxylic acids is 2. The van der Waals surface area contributed by atoms with Crippen molar-refractivity contribution in [3.05, 3.63) is 154 Å². The van der Waals surface area contributed by atoms with E-state index in [1.165, 1.54) is 42.5 Å². The molecule has 4 atom stereocenters. The van der Waals surface area contributed by atoms with Crippen molar-refractivity contribution < 1.29 is 50.6 Å². The normalized spacial score (nSPS) is 19.8. The quantitative estimate of drug-likeness (QED) is 0.103. The predicted octanol–water partition coefficient (Wildman–Crippen LogP) is 9.92. The Morgan fingerprint density at radius 3 is 1.67 bits per heavy atom. The number of nitrogens with zero attached hydrogens (tertiary/aromatic N) is 5. The van der Waals surface area contributed by atoms with Gasteiger partial charge in [-0.1, -0.05) is 24.3 Å². The van der Waals surface area contributed by atoms with Crippen LogP contribution in [0.4, 0.5) is 31.1 Å². The van der Waals surface area contributed by atoms with E-state index in [9.17, 15) is 40.7 Å². The fourth-order valence-electron chi connectivity index (χ4n) is 9.04. The van der Waals surface area contributed by atoms with Gasteiger partial charge in [-0.05, 0) is 138 Å². The number of rotatable bonds is 9. The van der Waals surface area contributed by atoms with Crippen molar-refractivity contribution in [3.63, 3.8) is 0 Å². The molecule has 2 aliphatic carbocycles. The van der Waals surface area contributed by atoms with Crippen molar-refractivity contribution in [1.29, 1.82) is 0 Å². The van der Waals surface area contributed by atoms with Crippen LogP contribution in [0, 0.1) is 34.9 Å². The summed E-state index contributed by atoms with van der Waals surface area (Å²) in [6, 6.07) is 20.0. The zero-order valence-corrected chi connectivity index (χ0v) is 39.9. The maximum absolute atomic E-state index is 14.9. The van der Waals surface area contributed by atoms with E-state index in [0.29, 0.717) is 73.4 Å².